The summed E-state index contributed by atoms with van der Waals surface area (Å²) in [7, 11) is 1.49. The largest absolute Gasteiger partial charge is 0.481 e. The minimum atomic E-state index is -0.968. The van der Waals surface area contributed by atoms with Crippen molar-refractivity contribution < 1.29 is 19.1 Å². The van der Waals surface area contributed by atoms with E-state index in [1.54, 1.807) is 0 Å². The van der Waals surface area contributed by atoms with Crippen LogP contribution in [-0.2, 0) is 4.79 Å². The Bertz CT molecular complexity index is 496. The summed E-state index contributed by atoms with van der Waals surface area (Å²) in [5.41, 5.74) is 0.424. The maximum atomic E-state index is 13.0. The van der Waals surface area contributed by atoms with Gasteiger partial charge in [-0.15, -0.1) is 0 Å². The molecule has 0 aliphatic carbocycles. The number of nitrogens with zero attached hydrogens (tertiary/aromatic N) is 1. The lowest BCUT2D eigenvalue weighted by Gasteiger charge is -2.20. The third-order valence-electron chi connectivity index (χ3n) is 2.49. The van der Waals surface area contributed by atoms with Crippen LogP contribution >= 0.6 is 15.9 Å². The number of hydrogen-bond acceptors (Lipinski definition) is 2. The van der Waals surface area contributed by atoms with Gasteiger partial charge < -0.3 is 15.3 Å². The highest BCUT2D eigenvalue weighted by Gasteiger charge is 2.17. The van der Waals surface area contributed by atoms with Crippen molar-refractivity contribution in [3.63, 3.8) is 0 Å². The third kappa shape index (κ3) is 4.51. The van der Waals surface area contributed by atoms with E-state index in [1.807, 2.05) is 0 Å². The van der Waals surface area contributed by atoms with Crippen molar-refractivity contribution >= 4 is 33.6 Å². The predicted molar refractivity (Wildman–Crippen MR) is 72.5 cm³/mol. The number of carbonyl (C=O) groups excluding carboxylic acids is 1. The Morgan fingerprint density at radius 1 is 1.53 bits per heavy atom. The van der Waals surface area contributed by atoms with Gasteiger partial charge in [-0.2, -0.15) is 0 Å². The molecule has 7 heteroatoms. The topological polar surface area (TPSA) is 69.6 Å². The number of benzene rings is 1. The van der Waals surface area contributed by atoms with Crippen molar-refractivity contribution in [2.45, 2.75) is 6.92 Å². The Morgan fingerprint density at radius 3 is 2.68 bits per heavy atom. The lowest BCUT2D eigenvalue weighted by molar-refractivity contribution is -0.141. The van der Waals surface area contributed by atoms with Gasteiger partial charge in [-0.1, -0.05) is 6.92 Å². The van der Waals surface area contributed by atoms with Crippen LogP contribution in [0.5, 0.6) is 0 Å². The first-order valence-electron chi connectivity index (χ1n) is 5.51. The van der Waals surface area contributed by atoms with Crippen LogP contribution in [0.1, 0.15) is 6.92 Å². The summed E-state index contributed by atoms with van der Waals surface area (Å²) in [5.74, 6) is -2.05. The first-order valence-corrected chi connectivity index (χ1v) is 6.30. The lowest BCUT2D eigenvalue weighted by Crippen LogP contribution is -2.36. The molecule has 1 rings (SSSR count). The zero-order chi connectivity index (χ0) is 14.6. The lowest BCUT2D eigenvalue weighted by atomic mass is 10.2. The molecule has 19 heavy (non-hydrogen) atoms. The second kappa shape index (κ2) is 6.51. The van der Waals surface area contributed by atoms with Crippen LogP contribution in [0.2, 0.25) is 0 Å². The van der Waals surface area contributed by atoms with Crippen molar-refractivity contribution in [2.24, 2.45) is 5.92 Å². The number of aliphatic carboxylic acids is 1. The molecule has 1 atom stereocenters. The molecule has 104 valence electrons. The average Bonchev–Trinajstić information content (AvgIpc) is 2.33. The molecule has 0 aliphatic rings. The molecule has 0 fully saturated rings. The van der Waals surface area contributed by atoms with Crippen LogP contribution in [0.3, 0.4) is 0 Å². The van der Waals surface area contributed by atoms with Crippen molar-refractivity contribution in [1.82, 2.24) is 4.90 Å². The standard InChI is InChI=1S/C12H14BrFN2O3/c1-7(11(17)18)6-16(2)12(19)15-8-3-4-10(14)9(13)5-8/h3-5,7H,6H2,1-2H3,(H,15,19)(H,17,18). The average molecular weight is 333 g/mol. The number of rotatable bonds is 4. The quantitative estimate of drug-likeness (QED) is 0.890. The second-order valence-corrected chi connectivity index (χ2v) is 5.03. The molecular weight excluding hydrogens is 319 g/mol. The Morgan fingerprint density at radius 2 is 2.16 bits per heavy atom. The number of urea groups is 1. The van der Waals surface area contributed by atoms with Gasteiger partial charge in [0, 0.05) is 19.3 Å². The van der Waals surface area contributed by atoms with Crippen LogP contribution in [0.25, 0.3) is 0 Å². The van der Waals surface area contributed by atoms with E-state index in [9.17, 15) is 14.0 Å². The van der Waals surface area contributed by atoms with Gasteiger partial charge in [0.05, 0.1) is 10.4 Å². The number of anilines is 1. The number of amides is 2. The number of carbonyl (C=O) groups is 2. The molecule has 5 nitrogen and oxygen atoms in total. The molecule has 2 N–H and O–H groups in total. The summed E-state index contributed by atoms with van der Waals surface area (Å²) in [4.78, 5) is 23.7. The summed E-state index contributed by atoms with van der Waals surface area (Å²) in [5, 5.41) is 11.3. The van der Waals surface area contributed by atoms with E-state index in [0.717, 1.165) is 0 Å². The monoisotopic (exact) mass is 332 g/mol. The van der Waals surface area contributed by atoms with E-state index in [4.69, 9.17) is 5.11 Å². The molecule has 1 aromatic rings. The molecule has 0 heterocycles. The molecule has 1 unspecified atom stereocenters. The fraction of sp³-hybridized carbons (Fsp3) is 0.333. The minimum absolute atomic E-state index is 0.0868. The van der Waals surface area contributed by atoms with Gasteiger partial charge >= 0.3 is 12.0 Å². The zero-order valence-electron chi connectivity index (χ0n) is 10.5. The first kappa shape index (κ1) is 15.4. The summed E-state index contributed by atoms with van der Waals surface area (Å²) >= 11 is 3.01. The zero-order valence-corrected chi connectivity index (χ0v) is 12.1. The molecule has 1 aromatic carbocycles. The maximum absolute atomic E-state index is 13.0. The fourth-order valence-corrected chi connectivity index (χ4v) is 1.74. The smallest absolute Gasteiger partial charge is 0.321 e. The Kier molecular flexibility index (Phi) is 5.29. The third-order valence-corrected chi connectivity index (χ3v) is 3.09. The van der Waals surface area contributed by atoms with Crippen LogP contribution < -0.4 is 5.32 Å². The molecule has 2 amide bonds. The Balaban J connectivity index is 2.63. The van der Waals surface area contributed by atoms with Gasteiger partial charge in [-0.25, -0.2) is 9.18 Å². The van der Waals surface area contributed by atoms with Crippen molar-refractivity contribution in [1.29, 1.82) is 0 Å². The minimum Gasteiger partial charge on any atom is -0.481 e. The summed E-state index contributed by atoms with van der Waals surface area (Å²) < 4.78 is 13.3. The van der Waals surface area contributed by atoms with Gasteiger partial charge in [-0.05, 0) is 34.1 Å². The molecule has 0 spiro atoms. The number of carboxylic acid groups (broad SMARTS) is 1. The first-order chi connectivity index (χ1) is 8.81. The highest BCUT2D eigenvalue weighted by molar-refractivity contribution is 9.10. The highest BCUT2D eigenvalue weighted by atomic mass is 79.9. The van der Waals surface area contributed by atoms with Gasteiger partial charge in [-0.3, -0.25) is 4.79 Å². The van der Waals surface area contributed by atoms with Gasteiger partial charge in [0.25, 0.3) is 0 Å². The molecule has 0 aliphatic heterocycles. The summed E-state index contributed by atoms with van der Waals surface area (Å²) in [6, 6.07) is 3.62. The van der Waals surface area contributed by atoms with E-state index >= 15 is 0 Å². The number of hydrogen-bond donors (Lipinski definition) is 2. The van der Waals surface area contributed by atoms with Gasteiger partial charge in [0.15, 0.2) is 0 Å². The van der Waals surface area contributed by atoms with Crippen molar-refractivity contribution in [3.8, 4) is 0 Å². The number of carboxylic acids is 1. The Labute approximate surface area is 118 Å². The molecule has 0 bridgehead atoms. The Hall–Kier alpha value is -1.63. The van der Waals surface area contributed by atoms with Gasteiger partial charge in [0.2, 0.25) is 0 Å². The maximum Gasteiger partial charge on any atom is 0.321 e. The van der Waals surface area contributed by atoms with Crippen LogP contribution in [0.4, 0.5) is 14.9 Å². The molecule has 0 saturated carbocycles. The fourth-order valence-electron chi connectivity index (χ4n) is 1.36. The molecular formula is C12H14BrFN2O3. The molecule has 0 aromatic heterocycles. The van der Waals surface area contributed by atoms with Crippen LogP contribution in [0, 0.1) is 11.7 Å². The number of halogens is 2. The highest BCUT2D eigenvalue weighted by Crippen LogP contribution is 2.20. The second-order valence-electron chi connectivity index (χ2n) is 4.18. The summed E-state index contributed by atoms with van der Waals surface area (Å²) in [6.45, 7) is 1.60. The predicted octanol–water partition coefficient (Wildman–Crippen LogP) is 2.77. The van der Waals surface area contributed by atoms with E-state index < -0.39 is 23.7 Å². The van der Waals surface area contributed by atoms with E-state index in [2.05, 4.69) is 21.2 Å². The van der Waals surface area contributed by atoms with E-state index in [0.29, 0.717) is 5.69 Å². The normalized spacial score (nSPS) is 11.8. The summed E-state index contributed by atoms with van der Waals surface area (Å²) in [6.07, 6.45) is 0. The van der Waals surface area contributed by atoms with Crippen molar-refractivity contribution in [2.75, 3.05) is 18.9 Å². The SMILES string of the molecule is CC(CN(C)C(=O)Nc1ccc(F)c(Br)c1)C(=O)O. The van der Waals surface area contributed by atoms with Gasteiger partial charge in [0.1, 0.15) is 5.82 Å². The van der Waals surface area contributed by atoms with Crippen LogP contribution in [0.15, 0.2) is 22.7 Å². The molecule has 0 radical (unpaired) electrons. The molecule has 0 saturated heterocycles. The van der Waals surface area contributed by atoms with E-state index in [-0.39, 0.29) is 11.0 Å². The van der Waals surface area contributed by atoms with E-state index in [1.165, 1.54) is 37.1 Å². The van der Waals surface area contributed by atoms with Crippen LogP contribution in [-0.4, -0.2) is 35.6 Å². The van der Waals surface area contributed by atoms with Crippen molar-refractivity contribution in [3.05, 3.63) is 28.5 Å². The number of nitrogens with one attached hydrogen (secondary N) is 1.